The number of aliphatic hydroxyl groups is 1. The number of aliphatic hydroxyl groups excluding tert-OH is 1. The average molecular weight is 166 g/mol. The summed E-state index contributed by atoms with van der Waals surface area (Å²) < 4.78 is 0. The van der Waals surface area contributed by atoms with Crippen LogP contribution >= 0.6 is 0 Å². The Morgan fingerprint density at radius 2 is 2.17 bits per heavy atom. The Bertz CT molecular complexity index is 193. The fourth-order valence-electron chi connectivity index (χ4n) is 1.65. The third-order valence-electron chi connectivity index (χ3n) is 2.90. The molecule has 0 aromatic heterocycles. The zero-order valence-corrected chi connectivity index (χ0v) is 7.96. The Morgan fingerprint density at radius 1 is 1.42 bits per heavy atom. The largest absolute Gasteiger partial charge is 0.396 e. The van der Waals surface area contributed by atoms with Crippen LogP contribution in [0.4, 0.5) is 0 Å². The Morgan fingerprint density at radius 3 is 2.75 bits per heavy atom. The fraction of sp³-hybridized carbons (Fsp3) is 0.636. The molecule has 0 aromatic carbocycles. The van der Waals surface area contributed by atoms with Gasteiger partial charge in [0.05, 0.1) is 0 Å². The van der Waals surface area contributed by atoms with E-state index >= 15 is 0 Å². The van der Waals surface area contributed by atoms with E-state index in [9.17, 15) is 0 Å². The van der Waals surface area contributed by atoms with Crippen molar-refractivity contribution >= 4 is 0 Å². The van der Waals surface area contributed by atoms with Crippen LogP contribution < -0.4 is 0 Å². The van der Waals surface area contributed by atoms with Crippen molar-refractivity contribution in [3.05, 3.63) is 24.3 Å². The van der Waals surface area contributed by atoms with Gasteiger partial charge in [0.1, 0.15) is 0 Å². The molecule has 0 radical (unpaired) electrons. The molecule has 2 unspecified atom stereocenters. The molecule has 0 fully saturated rings. The smallest absolute Gasteiger partial charge is 0.0431 e. The fourth-order valence-corrected chi connectivity index (χ4v) is 1.65. The van der Waals surface area contributed by atoms with Crippen molar-refractivity contribution in [1.29, 1.82) is 0 Å². The SMILES string of the molecule is CC1C=CC=CC1(C)CCCO. The highest BCUT2D eigenvalue weighted by molar-refractivity contribution is 5.18. The lowest BCUT2D eigenvalue weighted by Gasteiger charge is -2.32. The van der Waals surface area contributed by atoms with Gasteiger partial charge in [0.2, 0.25) is 0 Å². The molecule has 68 valence electrons. The highest BCUT2D eigenvalue weighted by atomic mass is 16.2. The van der Waals surface area contributed by atoms with Crippen LogP contribution in [0.3, 0.4) is 0 Å². The quantitative estimate of drug-likeness (QED) is 0.683. The molecular weight excluding hydrogens is 148 g/mol. The molecule has 2 atom stereocenters. The molecule has 0 aliphatic heterocycles. The van der Waals surface area contributed by atoms with Gasteiger partial charge in [0.25, 0.3) is 0 Å². The lowest BCUT2D eigenvalue weighted by Crippen LogP contribution is -2.23. The topological polar surface area (TPSA) is 20.2 Å². The van der Waals surface area contributed by atoms with Crippen LogP contribution in [-0.4, -0.2) is 11.7 Å². The summed E-state index contributed by atoms with van der Waals surface area (Å²) in [5.74, 6) is 0.592. The predicted octanol–water partition coefficient (Wildman–Crippen LogP) is 2.53. The Hall–Kier alpha value is -0.560. The molecule has 0 bridgehead atoms. The van der Waals surface area contributed by atoms with E-state index in [4.69, 9.17) is 5.11 Å². The molecule has 1 aliphatic carbocycles. The maximum Gasteiger partial charge on any atom is 0.0431 e. The Balaban J connectivity index is 2.57. The van der Waals surface area contributed by atoms with Crippen molar-refractivity contribution in [2.24, 2.45) is 11.3 Å². The van der Waals surface area contributed by atoms with Crippen LogP contribution in [0.2, 0.25) is 0 Å². The van der Waals surface area contributed by atoms with Gasteiger partial charge in [-0.1, -0.05) is 38.2 Å². The lowest BCUT2D eigenvalue weighted by molar-refractivity contribution is 0.231. The maximum absolute atomic E-state index is 8.76. The molecule has 1 N–H and O–H groups in total. The van der Waals surface area contributed by atoms with Gasteiger partial charge in [-0.3, -0.25) is 0 Å². The zero-order valence-electron chi connectivity index (χ0n) is 7.96. The average Bonchev–Trinajstić information content (AvgIpc) is 2.07. The standard InChI is InChI=1S/C11H18O/c1-10-6-3-4-7-11(10,2)8-5-9-12/h3-4,6-7,10,12H,5,8-9H2,1-2H3. The summed E-state index contributed by atoms with van der Waals surface area (Å²) in [4.78, 5) is 0. The predicted molar refractivity (Wildman–Crippen MR) is 51.9 cm³/mol. The molecule has 0 saturated carbocycles. The van der Waals surface area contributed by atoms with Crippen molar-refractivity contribution < 1.29 is 5.11 Å². The third-order valence-corrected chi connectivity index (χ3v) is 2.90. The molecule has 12 heavy (non-hydrogen) atoms. The molecule has 0 saturated heterocycles. The second-order valence-corrected chi connectivity index (χ2v) is 3.87. The first kappa shape index (κ1) is 9.53. The van der Waals surface area contributed by atoms with Crippen molar-refractivity contribution in [2.45, 2.75) is 26.7 Å². The summed E-state index contributed by atoms with van der Waals surface area (Å²) in [6, 6.07) is 0. The number of hydrogen-bond acceptors (Lipinski definition) is 1. The van der Waals surface area contributed by atoms with E-state index in [0.717, 1.165) is 12.8 Å². The third kappa shape index (κ3) is 1.98. The van der Waals surface area contributed by atoms with E-state index in [1.54, 1.807) is 0 Å². The lowest BCUT2D eigenvalue weighted by atomic mass is 9.72. The molecule has 0 aromatic rings. The van der Waals surface area contributed by atoms with Crippen LogP contribution in [-0.2, 0) is 0 Å². The molecule has 1 nitrogen and oxygen atoms in total. The summed E-state index contributed by atoms with van der Waals surface area (Å²) in [7, 11) is 0. The number of hydrogen-bond donors (Lipinski definition) is 1. The number of allylic oxidation sites excluding steroid dienone is 4. The minimum absolute atomic E-state index is 0.261. The monoisotopic (exact) mass is 166 g/mol. The molecule has 1 aliphatic rings. The zero-order chi connectivity index (χ0) is 9.03. The van der Waals surface area contributed by atoms with Crippen LogP contribution in [0.5, 0.6) is 0 Å². The van der Waals surface area contributed by atoms with E-state index in [0.29, 0.717) is 12.5 Å². The van der Waals surface area contributed by atoms with E-state index in [1.807, 2.05) is 0 Å². The summed E-state index contributed by atoms with van der Waals surface area (Å²) >= 11 is 0. The maximum atomic E-state index is 8.76. The summed E-state index contributed by atoms with van der Waals surface area (Å²) in [6.07, 6.45) is 10.7. The van der Waals surface area contributed by atoms with Crippen LogP contribution in [0.15, 0.2) is 24.3 Å². The van der Waals surface area contributed by atoms with Crippen LogP contribution in [0.1, 0.15) is 26.7 Å². The summed E-state index contributed by atoms with van der Waals surface area (Å²) in [5.41, 5.74) is 0.261. The molecule has 0 heterocycles. The molecular formula is C11H18O. The first-order valence-corrected chi connectivity index (χ1v) is 4.66. The molecule has 0 spiro atoms. The van der Waals surface area contributed by atoms with Crippen molar-refractivity contribution in [2.75, 3.05) is 6.61 Å². The van der Waals surface area contributed by atoms with Gasteiger partial charge in [-0.2, -0.15) is 0 Å². The second kappa shape index (κ2) is 3.90. The summed E-state index contributed by atoms with van der Waals surface area (Å²) in [6.45, 7) is 4.80. The van der Waals surface area contributed by atoms with Gasteiger partial charge in [0.15, 0.2) is 0 Å². The van der Waals surface area contributed by atoms with Gasteiger partial charge < -0.3 is 5.11 Å². The highest BCUT2D eigenvalue weighted by Gasteiger charge is 2.27. The van der Waals surface area contributed by atoms with E-state index in [-0.39, 0.29) is 5.41 Å². The number of rotatable bonds is 3. The van der Waals surface area contributed by atoms with Gasteiger partial charge in [0, 0.05) is 6.61 Å². The molecule has 1 heteroatoms. The highest BCUT2D eigenvalue weighted by Crippen LogP contribution is 2.36. The van der Waals surface area contributed by atoms with Gasteiger partial charge in [-0.15, -0.1) is 0 Å². The minimum Gasteiger partial charge on any atom is -0.396 e. The van der Waals surface area contributed by atoms with Crippen LogP contribution in [0, 0.1) is 11.3 Å². The van der Waals surface area contributed by atoms with Crippen molar-refractivity contribution in [3.63, 3.8) is 0 Å². The first-order chi connectivity index (χ1) is 5.69. The Kier molecular flexibility index (Phi) is 3.10. The van der Waals surface area contributed by atoms with E-state index in [1.165, 1.54) is 0 Å². The van der Waals surface area contributed by atoms with E-state index < -0.39 is 0 Å². The summed E-state index contributed by atoms with van der Waals surface area (Å²) in [5, 5.41) is 8.76. The van der Waals surface area contributed by atoms with Crippen LogP contribution in [0.25, 0.3) is 0 Å². The van der Waals surface area contributed by atoms with Gasteiger partial charge in [-0.25, -0.2) is 0 Å². The van der Waals surface area contributed by atoms with Gasteiger partial charge in [-0.05, 0) is 24.2 Å². The molecule has 1 rings (SSSR count). The second-order valence-electron chi connectivity index (χ2n) is 3.87. The van der Waals surface area contributed by atoms with Crippen molar-refractivity contribution in [3.8, 4) is 0 Å². The normalized spacial score (nSPS) is 34.1. The molecule has 0 amide bonds. The minimum atomic E-state index is 0.261. The van der Waals surface area contributed by atoms with E-state index in [2.05, 4.69) is 38.2 Å². The first-order valence-electron chi connectivity index (χ1n) is 4.66. The van der Waals surface area contributed by atoms with Gasteiger partial charge >= 0.3 is 0 Å². The van der Waals surface area contributed by atoms with Crippen molar-refractivity contribution in [1.82, 2.24) is 0 Å². The Labute approximate surface area is 74.8 Å².